The van der Waals surface area contributed by atoms with Gasteiger partial charge in [-0.15, -0.1) is 5.10 Å². The average Bonchev–Trinajstić information content (AvgIpc) is 2.97. The number of Topliss-reactive ketones (excluding diaryl/α,β-unsaturated/α-hetero) is 1. The third-order valence-electron chi connectivity index (χ3n) is 2.87. The molecule has 0 bridgehead atoms. The third kappa shape index (κ3) is 3.27. The Labute approximate surface area is 122 Å². The van der Waals surface area contributed by atoms with Crippen LogP contribution in [-0.4, -0.2) is 30.1 Å². The summed E-state index contributed by atoms with van der Waals surface area (Å²) in [4.78, 5) is 17.2. The van der Waals surface area contributed by atoms with Crippen LogP contribution in [0.2, 0.25) is 0 Å². The van der Waals surface area contributed by atoms with Gasteiger partial charge in [-0.2, -0.15) is 5.10 Å². The smallest absolute Gasteiger partial charge is 0.183 e. The first-order valence-corrected chi connectivity index (χ1v) is 7.48. The summed E-state index contributed by atoms with van der Waals surface area (Å²) in [5.74, 6) is 1.37. The van der Waals surface area contributed by atoms with E-state index in [1.54, 1.807) is 4.68 Å². The maximum absolute atomic E-state index is 12.4. The third-order valence-corrected chi connectivity index (χ3v) is 3.65. The summed E-state index contributed by atoms with van der Waals surface area (Å²) in [6.45, 7) is 9.00. The Balaban J connectivity index is 2.16. The van der Waals surface area contributed by atoms with E-state index in [1.807, 2.05) is 13.8 Å². The molecule has 0 spiro atoms. The van der Waals surface area contributed by atoms with E-state index >= 15 is 0 Å². The molecule has 0 unspecified atom stereocenters. The molecule has 0 fully saturated rings. The Morgan fingerprint density at radius 3 is 2.75 bits per heavy atom. The molecule has 20 heavy (non-hydrogen) atoms. The van der Waals surface area contributed by atoms with Crippen molar-refractivity contribution in [1.82, 2.24) is 24.4 Å². The van der Waals surface area contributed by atoms with Crippen LogP contribution in [0.4, 0.5) is 0 Å². The topological polar surface area (TPSA) is 73.6 Å². The van der Waals surface area contributed by atoms with Crippen LogP contribution in [0.5, 0.6) is 0 Å². The molecule has 0 amide bonds. The van der Waals surface area contributed by atoms with E-state index in [4.69, 9.17) is 0 Å². The molecular weight excluding hydrogens is 274 g/mol. The molecule has 2 heterocycles. The zero-order valence-corrected chi connectivity index (χ0v) is 13.0. The quantitative estimate of drug-likeness (QED) is 0.764. The van der Waals surface area contributed by atoms with Crippen molar-refractivity contribution in [3.05, 3.63) is 22.7 Å². The van der Waals surface area contributed by atoms with E-state index in [0.717, 1.165) is 23.8 Å². The van der Waals surface area contributed by atoms with Crippen LogP contribution >= 0.6 is 11.5 Å². The molecule has 108 valence electrons. The molecule has 0 saturated carbocycles. The van der Waals surface area contributed by atoms with Gasteiger partial charge >= 0.3 is 0 Å². The minimum Gasteiger partial charge on any atom is -0.293 e. The van der Waals surface area contributed by atoms with Gasteiger partial charge in [-0.1, -0.05) is 32.2 Å². The van der Waals surface area contributed by atoms with Crippen LogP contribution in [0, 0.1) is 5.92 Å². The Morgan fingerprint density at radius 1 is 1.35 bits per heavy atom. The van der Waals surface area contributed by atoms with Crippen molar-refractivity contribution in [2.45, 2.75) is 46.6 Å². The van der Waals surface area contributed by atoms with Gasteiger partial charge in [0.05, 0.1) is 12.1 Å². The summed E-state index contributed by atoms with van der Waals surface area (Å²) < 4.78 is 5.69. The highest BCUT2D eigenvalue weighted by Gasteiger charge is 2.20. The number of hydrogen-bond donors (Lipinski definition) is 0. The second-order valence-electron chi connectivity index (χ2n) is 5.49. The molecule has 0 radical (unpaired) electrons. The summed E-state index contributed by atoms with van der Waals surface area (Å²) in [5, 5.41) is 8.22. The van der Waals surface area contributed by atoms with Gasteiger partial charge in [0, 0.05) is 6.54 Å². The molecule has 0 saturated heterocycles. The highest BCUT2D eigenvalue weighted by Crippen LogP contribution is 2.21. The lowest BCUT2D eigenvalue weighted by molar-refractivity contribution is 0.0991. The van der Waals surface area contributed by atoms with Crippen LogP contribution in [0.25, 0.3) is 0 Å². The number of carbonyl (C=O) groups is 1. The summed E-state index contributed by atoms with van der Waals surface area (Å²) in [6, 6.07) is 0. The normalized spacial score (nSPS) is 11.5. The van der Waals surface area contributed by atoms with Crippen molar-refractivity contribution < 1.29 is 4.79 Å². The van der Waals surface area contributed by atoms with Crippen molar-refractivity contribution in [3.63, 3.8) is 0 Å². The highest BCUT2D eigenvalue weighted by atomic mass is 32.1. The van der Waals surface area contributed by atoms with Crippen LogP contribution < -0.4 is 0 Å². The maximum atomic E-state index is 12.4. The summed E-state index contributed by atoms with van der Waals surface area (Å²) in [7, 11) is 0. The van der Waals surface area contributed by atoms with E-state index in [0.29, 0.717) is 16.6 Å². The van der Waals surface area contributed by atoms with Crippen molar-refractivity contribution in [2.75, 3.05) is 0 Å². The molecule has 7 heteroatoms. The first-order valence-electron chi connectivity index (χ1n) is 6.71. The lowest BCUT2D eigenvalue weighted by Crippen LogP contribution is -2.14. The van der Waals surface area contributed by atoms with Gasteiger partial charge in [-0.25, -0.2) is 9.67 Å². The minimum atomic E-state index is 0.0155. The van der Waals surface area contributed by atoms with Crippen LogP contribution in [0.15, 0.2) is 6.33 Å². The molecule has 6 nitrogen and oxygen atoms in total. The molecule has 2 rings (SSSR count). The number of carbonyl (C=O) groups excluding carboxylic acids is 1. The van der Waals surface area contributed by atoms with E-state index in [9.17, 15) is 4.79 Å². The van der Waals surface area contributed by atoms with Gasteiger partial charge in [0.25, 0.3) is 0 Å². The number of nitrogens with zero attached hydrogens (tertiary/aromatic N) is 5. The lowest BCUT2D eigenvalue weighted by Gasteiger charge is -2.08. The van der Waals surface area contributed by atoms with Crippen molar-refractivity contribution >= 4 is 17.3 Å². The molecule has 0 aliphatic rings. The van der Waals surface area contributed by atoms with E-state index < -0.39 is 0 Å². The molecular formula is C13H19N5OS. The molecule has 2 aromatic rings. The average molecular weight is 293 g/mol. The minimum absolute atomic E-state index is 0.0155. The van der Waals surface area contributed by atoms with E-state index in [1.165, 1.54) is 6.33 Å². The molecule has 2 aromatic heterocycles. The first kappa shape index (κ1) is 14.8. The van der Waals surface area contributed by atoms with Gasteiger partial charge < -0.3 is 0 Å². The monoisotopic (exact) mass is 293 g/mol. The van der Waals surface area contributed by atoms with Crippen LogP contribution in [0.1, 0.15) is 54.8 Å². The van der Waals surface area contributed by atoms with Gasteiger partial charge in [-0.05, 0) is 23.4 Å². The Kier molecular flexibility index (Phi) is 4.59. The highest BCUT2D eigenvalue weighted by molar-refractivity contribution is 7.08. The largest absolute Gasteiger partial charge is 0.293 e. The molecule has 0 aliphatic heterocycles. The predicted octanol–water partition coefficient (Wildman–Crippen LogP) is 2.33. The number of rotatable bonds is 6. The van der Waals surface area contributed by atoms with Gasteiger partial charge in [-0.3, -0.25) is 4.79 Å². The fourth-order valence-corrected chi connectivity index (χ4v) is 2.67. The fraction of sp³-hybridized carbons (Fsp3) is 0.615. The zero-order valence-electron chi connectivity index (χ0n) is 12.2. The molecule has 0 N–H and O–H groups in total. The molecule has 0 aliphatic carbocycles. The summed E-state index contributed by atoms with van der Waals surface area (Å²) >= 11 is 1.16. The van der Waals surface area contributed by atoms with Gasteiger partial charge in [0.15, 0.2) is 5.78 Å². The number of ketones is 1. The summed E-state index contributed by atoms with van der Waals surface area (Å²) in [6.07, 6.45) is 1.75. The van der Waals surface area contributed by atoms with Gasteiger partial charge in [0.2, 0.25) is 0 Å². The number of aromatic nitrogens is 5. The van der Waals surface area contributed by atoms with Crippen LogP contribution in [-0.2, 0) is 13.0 Å². The van der Waals surface area contributed by atoms with Crippen molar-refractivity contribution in [2.24, 2.45) is 5.92 Å². The maximum Gasteiger partial charge on any atom is 0.183 e. The second-order valence-corrected chi connectivity index (χ2v) is 6.25. The fourth-order valence-electron chi connectivity index (χ4n) is 1.92. The lowest BCUT2D eigenvalue weighted by atomic mass is 10.1. The Bertz CT molecular complexity index is 587. The Hall–Kier alpha value is -1.63. The molecule has 0 atom stereocenters. The number of hydrogen-bond acceptors (Lipinski definition) is 6. The summed E-state index contributed by atoms with van der Waals surface area (Å²) in [5.41, 5.74) is 0.773. The van der Waals surface area contributed by atoms with Crippen molar-refractivity contribution in [3.8, 4) is 0 Å². The second kappa shape index (κ2) is 6.21. The van der Waals surface area contributed by atoms with Crippen LogP contribution in [0.3, 0.4) is 0 Å². The SMILES string of the molecule is CC(C)Cn1ncnc1CC(=O)c1snnc1C(C)C. The van der Waals surface area contributed by atoms with Crippen molar-refractivity contribution in [1.29, 1.82) is 0 Å². The standard InChI is InChI=1S/C13H19N5OS/c1-8(2)6-18-11(14-7-15-18)5-10(19)13-12(9(3)4)16-17-20-13/h7-9H,5-6H2,1-4H3. The zero-order chi connectivity index (χ0) is 14.7. The predicted molar refractivity (Wildman–Crippen MR) is 76.9 cm³/mol. The van der Waals surface area contributed by atoms with E-state index in [2.05, 4.69) is 33.5 Å². The molecule has 0 aromatic carbocycles. The van der Waals surface area contributed by atoms with E-state index in [-0.39, 0.29) is 18.1 Å². The van der Waals surface area contributed by atoms with Gasteiger partial charge in [0.1, 0.15) is 17.0 Å². The Morgan fingerprint density at radius 2 is 2.10 bits per heavy atom. The first-order chi connectivity index (χ1) is 9.49.